The van der Waals surface area contributed by atoms with E-state index in [0.717, 1.165) is 5.56 Å². The lowest BCUT2D eigenvalue weighted by Crippen LogP contribution is -2.29. The van der Waals surface area contributed by atoms with Crippen LogP contribution in [0.25, 0.3) is 5.76 Å². The number of rotatable bonds is 7. The zero-order valence-corrected chi connectivity index (χ0v) is 21.6. The maximum atomic E-state index is 13.5. The van der Waals surface area contributed by atoms with Gasteiger partial charge >= 0.3 is 0 Å². The molecule has 1 fully saturated rings. The van der Waals surface area contributed by atoms with E-state index in [1.54, 1.807) is 36.4 Å². The number of ether oxygens (including phenoxy) is 2. The molecule has 3 aromatic rings. The van der Waals surface area contributed by atoms with Crippen LogP contribution in [0.5, 0.6) is 11.5 Å². The predicted octanol–water partition coefficient (Wildman–Crippen LogP) is 6.73. The Labute approximate surface area is 219 Å². The third-order valence-corrected chi connectivity index (χ3v) is 6.31. The smallest absolute Gasteiger partial charge is 0.300 e. The standard InChI is InChI=1S/C28H25Cl2NO5/c1-4-35-20-10-11-22(23(15-20)36-5-2)26(32)24-25(21-9-7-6-8-16(21)3)31(28(34)27(24)33)19-13-17(29)12-18(30)14-19/h6-15,25,32H,4-5H2,1-3H3/b26-24+. The largest absolute Gasteiger partial charge is 0.507 e. The first kappa shape index (κ1) is 25.6. The molecule has 1 N–H and O–H groups in total. The van der Waals surface area contributed by atoms with Gasteiger partial charge in [-0.1, -0.05) is 47.5 Å². The molecule has 0 aliphatic carbocycles. The summed E-state index contributed by atoms with van der Waals surface area (Å²) in [5.41, 5.74) is 2.08. The van der Waals surface area contributed by atoms with Crippen LogP contribution in [-0.2, 0) is 9.59 Å². The van der Waals surface area contributed by atoms with E-state index in [1.807, 2.05) is 45.0 Å². The Morgan fingerprint density at radius 3 is 2.25 bits per heavy atom. The topological polar surface area (TPSA) is 76.1 Å². The monoisotopic (exact) mass is 525 g/mol. The minimum absolute atomic E-state index is 0.0597. The summed E-state index contributed by atoms with van der Waals surface area (Å²) in [6, 6.07) is 16.1. The van der Waals surface area contributed by atoms with Gasteiger partial charge < -0.3 is 14.6 Å². The van der Waals surface area contributed by atoms with Gasteiger partial charge in [-0.15, -0.1) is 0 Å². The number of Topliss-reactive ketones (excluding diaryl/α,β-unsaturated/α-hetero) is 1. The van der Waals surface area contributed by atoms with Gasteiger partial charge in [-0.25, -0.2) is 0 Å². The molecule has 1 amide bonds. The molecule has 0 spiro atoms. The first-order valence-electron chi connectivity index (χ1n) is 11.5. The molecule has 0 radical (unpaired) electrons. The van der Waals surface area contributed by atoms with Crippen molar-refractivity contribution in [3.05, 3.63) is 93.0 Å². The number of aliphatic hydroxyl groups is 1. The number of carbonyl (C=O) groups is 2. The van der Waals surface area contributed by atoms with Gasteiger partial charge in [0.15, 0.2) is 0 Å². The molecule has 1 saturated heterocycles. The number of amides is 1. The second-order valence-electron chi connectivity index (χ2n) is 8.18. The van der Waals surface area contributed by atoms with E-state index in [2.05, 4.69) is 0 Å². The molecule has 0 saturated carbocycles. The number of aryl methyl sites for hydroxylation is 1. The van der Waals surface area contributed by atoms with Gasteiger partial charge in [-0.2, -0.15) is 0 Å². The molecule has 186 valence electrons. The van der Waals surface area contributed by atoms with E-state index >= 15 is 0 Å². The van der Waals surface area contributed by atoms with Gasteiger partial charge in [0, 0.05) is 21.8 Å². The average Bonchev–Trinajstić information content (AvgIpc) is 3.09. The van der Waals surface area contributed by atoms with Crippen LogP contribution in [0.3, 0.4) is 0 Å². The van der Waals surface area contributed by atoms with Crippen LogP contribution in [-0.4, -0.2) is 30.0 Å². The summed E-state index contributed by atoms with van der Waals surface area (Å²) in [5.74, 6) is -1.08. The van der Waals surface area contributed by atoms with Gasteiger partial charge in [-0.3, -0.25) is 14.5 Å². The van der Waals surface area contributed by atoms with Crippen LogP contribution in [0.2, 0.25) is 10.0 Å². The van der Waals surface area contributed by atoms with Crippen LogP contribution in [0, 0.1) is 6.92 Å². The summed E-state index contributed by atoms with van der Waals surface area (Å²) in [6.07, 6.45) is 0. The molecule has 0 bridgehead atoms. The van der Waals surface area contributed by atoms with Crippen LogP contribution in [0.1, 0.15) is 36.6 Å². The van der Waals surface area contributed by atoms with Crippen molar-refractivity contribution in [2.75, 3.05) is 18.1 Å². The highest BCUT2D eigenvalue weighted by Gasteiger charge is 2.47. The first-order chi connectivity index (χ1) is 17.3. The fourth-order valence-corrected chi connectivity index (χ4v) is 4.85. The first-order valence-corrected chi connectivity index (χ1v) is 12.2. The van der Waals surface area contributed by atoms with E-state index in [0.29, 0.717) is 46.0 Å². The Bertz CT molecular complexity index is 1350. The van der Waals surface area contributed by atoms with Gasteiger partial charge in [0.05, 0.1) is 30.4 Å². The van der Waals surface area contributed by atoms with E-state index < -0.39 is 17.7 Å². The van der Waals surface area contributed by atoms with Crippen LogP contribution >= 0.6 is 23.2 Å². The quantitative estimate of drug-likeness (QED) is 0.210. The predicted molar refractivity (Wildman–Crippen MR) is 141 cm³/mol. The molecule has 8 heteroatoms. The highest BCUT2D eigenvalue weighted by atomic mass is 35.5. The van der Waals surface area contributed by atoms with E-state index in [-0.39, 0.29) is 16.9 Å². The summed E-state index contributed by atoms with van der Waals surface area (Å²) in [6.45, 7) is 6.33. The fourth-order valence-electron chi connectivity index (χ4n) is 4.34. The van der Waals surface area contributed by atoms with Crippen LogP contribution in [0.15, 0.2) is 66.2 Å². The molecule has 1 aliphatic rings. The fraction of sp³-hybridized carbons (Fsp3) is 0.214. The summed E-state index contributed by atoms with van der Waals surface area (Å²) in [7, 11) is 0. The minimum Gasteiger partial charge on any atom is -0.507 e. The minimum atomic E-state index is -0.915. The third-order valence-electron chi connectivity index (χ3n) is 5.87. The SMILES string of the molecule is CCOc1ccc(/C(O)=C2\C(=O)C(=O)N(c3cc(Cl)cc(Cl)c3)C2c2ccccc2C)c(OCC)c1. The Morgan fingerprint density at radius 1 is 0.944 bits per heavy atom. The van der Waals surface area contributed by atoms with Crippen molar-refractivity contribution in [3.8, 4) is 11.5 Å². The molecule has 0 aromatic heterocycles. The molecule has 1 atom stereocenters. The Kier molecular flexibility index (Phi) is 7.57. The second kappa shape index (κ2) is 10.6. The summed E-state index contributed by atoms with van der Waals surface area (Å²) in [5, 5.41) is 12.2. The molecule has 1 aliphatic heterocycles. The number of hydrogen-bond acceptors (Lipinski definition) is 5. The maximum absolute atomic E-state index is 13.5. The van der Waals surface area contributed by atoms with Gasteiger partial charge in [0.1, 0.15) is 17.3 Å². The van der Waals surface area contributed by atoms with Crippen molar-refractivity contribution in [3.63, 3.8) is 0 Å². The highest BCUT2D eigenvalue weighted by molar-refractivity contribution is 6.52. The number of carbonyl (C=O) groups excluding carboxylic acids is 2. The number of anilines is 1. The Morgan fingerprint density at radius 2 is 1.61 bits per heavy atom. The molecular weight excluding hydrogens is 501 g/mol. The lowest BCUT2D eigenvalue weighted by Gasteiger charge is -2.27. The van der Waals surface area contributed by atoms with Crippen molar-refractivity contribution in [1.82, 2.24) is 0 Å². The summed E-state index contributed by atoms with van der Waals surface area (Å²) >= 11 is 12.5. The molecular formula is C28H25Cl2NO5. The van der Waals surface area contributed by atoms with Crippen molar-refractivity contribution >= 4 is 46.3 Å². The van der Waals surface area contributed by atoms with Gasteiger partial charge in [0.2, 0.25) is 0 Å². The number of aliphatic hydroxyl groups excluding tert-OH is 1. The van der Waals surface area contributed by atoms with Crippen molar-refractivity contribution in [2.24, 2.45) is 0 Å². The third kappa shape index (κ3) is 4.79. The lowest BCUT2D eigenvalue weighted by molar-refractivity contribution is -0.132. The second-order valence-corrected chi connectivity index (χ2v) is 9.05. The Balaban J connectivity index is 1.98. The maximum Gasteiger partial charge on any atom is 0.300 e. The molecule has 1 unspecified atom stereocenters. The summed E-state index contributed by atoms with van der Waals surface area (Å²) < 4.78 is 11.3. The van der Waals surface area contributed by atoms with Crippen molar-refractivity contribution in [2.45, 2.75) is 26.8 Å². The average molecular weight is 526 g/mol. The zero-order valence-electron chi connectivity index (χ0n) is 20.0. The van der Waals surface area contributed by atoms with Gasteiger partial charge in [-0.05, 0) is 62.2 Å². The van der Waals surface area contributed by atoms with Crippen LogP contribution < -0.4 is 14.4 Å². The molecule has 36 heavy (non-hydrogen) atoms. The van der Waals surface area contributed by atoms with Gasteiger partial charge in [0.25, 0.3) is 11.7 Å². The van der Waals surface area contributed by atoms with E-state index in [4.69, 9.17) is 32.7 Å². The molecule has 6 nitrogen and oxygen atoms in total. The zero-order chi connectivity index (χ0) is 26.0. The van der Waals surface area contributed by atoms with Crippen LogP contribution in [0.4, 0.5) is 5.69 Å². The number of ketones is 1. The normalized spacial score (nSPS) is 16.9. The molecule has 4 rings (SSSR count). The summed E-state index contributed by atoms with van der Waals surface area (Å²) in [4.78, 5) is 28.2. The number of hydrogen-bond donors (Lipinski definition) is 1. The lowest BCUT2D eigenvalue weighted by atomic mass is 9.92. The van der Waals surface area contributed by atoms with E-state index in [9.17, 15) is 14.7 Å². The number of nitrogens with zero attached hydrogens (tertiary/aromatic N) is 1. The molecule has 3 aromatic carbocycles. The number of benzene rings is 3. The van der Waals surface area contributed by atoms with Crippen molar-refractivity contribution in [1.29, 1.82) is 0 Å². The van der Waals surface area contributed by atoms with Crippen molar-refractivity contribution < 1.29 is 24.2 Å². The highest BCUT2D eigenvalue weighted by Crippen LogP contribution is 2.45. The van der Waals surface area contributed by atoms with E-state index in [1.165, 1.54) is 4.90 Å². The Hall–Kier alpha value is -3.48. The molecule has 1 heterocycles. The number of halogens is 2.